The molecule has 0 bridgehead atoms. The molecule has 0 spiro atoms. The van der Waals surface area contributed by atoms with Crippen LogP contribution in [0.2, 0.25) is 0 Å². The predicted octanol–water partition coefficient (Wildman–Crippen LogP) is 6.75. The Morgan fingerprint density at radius 3 is 1.81 bits per heavy atom. The fourth-order valence-corrected chi connectivity index (χ4v) is 2.98. The zero-order valence-electron chi connectivity index (χ0n) is 16.0. The summed E-state index contributed by atoms with van der Waals surface area (Å²) in [7, 11) is 0. The Kier molecular flexibility index (Phi) is 6.67. The lowest BCUT2D eigenvalue weighted by Gasteiger charge is -2.22. The van der Waals surface area contributed by atoms with Crippen molar-refractivity contribution in [3.05, 3.63) is 107 Å². The minimum atomic E-state index is -0.347. The van der Waals surface area contributed by atoms with Crippen LogP contribution in [0.5, 0.6) is 0 Å². The van der Waals surface area contributed by atoms with E-state index < -0.39 is 0 Å². The first kappa shape index (κ1) is 20.1. The molecule has 0 saturated carbocycles. The van der Waals surface area contributed by atoms with Crippen molar-refractivity contribution in [3.8, 4) is 11.1 Å². The highest BCUT2D eigenvalue weighted by molar-refractivity contribution is 5.64. The van der Waals surface area contributed by atoms with Crippen LogP contribution in [0.1, 0.15) is 32.3 Å². The molecule has 2 aromatic carbocycles. The van der Waals surface area contributed by atoms with Gasteiger partial charge in [-0.25, -0.2) is 0 Å². The van der Waals surface area contributed by atoms with Gasteiger partial charge in [0.25, 0.3) is 0 Å². The minimum Gasteiger partial charge on any atom is -0.513 e. The fourth-order valence-electron chi connectivity index (χ4n) is 2.98. The van der Waals surface area contributed by atoms with Gasteiger partial charge in [0, 0.05) is 11.5 Å². The lowest BCUT2D eigenvalue weighted by atomic mass is 9.83. The van der Waals surface area contributed by atoms with Crippen LogP contribution in [-0.4, -0.2) is 15.3 Å². The van der Waals surface area contributed by atoms with E-state index in [0.29, 0.717) is 5.57 Å². The maximum atomic E-state index is 10.2. The predicted molar refractivity (Wildman–Crippen MR) is 112 cm³/mol. The number of aliphatic hydroxyl groups excluding tert-OH is 3. The summed E-state index contributed by atoms with van der Waals surface area (Å²) in [6, 6.07) is 18.1. The molecule has 3 N–H and O–H groups in total. The van der Waals surface area contributed by atoms with Crippen LogP contribution in [-0.2, 0) is 0 Å². The molecule has 0 aliphatic heterocycles. The quantitative estimate of drug-likeness (QED) is 0.393. The molecule has 0 aromatic heterocycles. The van der Waals surface area contributed by atoms with Crippen LogP contribution in [0.4, 0.5) is 0 Å². The summed E-state index contributed by atoms with van der Waals surface area (Å²) < 4.78 is 0. The largest absolute Gasteiger partial charge is 0.513 e. The third kappa shape index (κ3) is 5.14. The second kappa shape index (κ2) is 8.95. The Balaban J connectivity index is 2.53. The van der Waals surface area contributed by atoms with Gasteiger partial charge in [-0.1, -0.05) is 67.3 Å². The van der Waals surface area contributed by atoms with E-state index in [1.807, 2.05) is 61.5 Å². The van der Waals surface area contributed by atoms with Gasteiger partial charge in [0.2, 0.25) is 0 Å². The van der Waals surface area contributed by atoms with E-state index >= 15 is 0 Å². The van der Waals surface area contributed by atoms with Gasteiger partial charge in [-0.05, 0) is 49.1 Å². The molecule has 0 saturated heterocycles. The lowest BCUT2D eigenvalue weighted by molar-refractivity contribution is 0.396. The average Bonchev–Trinajstić information content (AvgIpc) is 2.65. The summed E-state index contributed by atoms with van der Waals surface area (Å²) in [6.07, 6.45) is 3.06. The van der Waals surface area contributed by atoms with E-state index in [1.54, 1.807) is 19.9 Å². The Hall–Kier alpha value is -3.20. The molecule has 0 aliphatic rings. The van der Waals surface area contributed by atoms with Crippen LogP contribution in [0.3, 0.4) is 0 Å². The number of hydrogen-bond acceptors (Lipinski definition) is 3. The van der Waals surface area contributed by atoms with Crippen LogP contribution in [0.25, 0.3) is 11.1 Å². The van der Waals surface area contributed by atoms with Gasteiger partial charge in [-0.15, -0.1) is 0 Å². The van der Waals surface area contributed by atoms with Crippen LogP contribution < -0.4 is 0 Å². The van der Waals surface area contributed by atoms with Gasteiger partial charge < -0.3 is 15.3 Å². The van der Waals surface area contributed by atoms with Crippen molar-refractivity contribution in [1.82, 2.24) is 0 Å². The molecule has 1 unspecified atom stereocenters. The second-order valence-electron chi connectivity index (χ2n) is 6.55. The zero-order valence-corrected chi connectivity index (χ0v) is 16.0. The van der Waals surface area contributed by atoms with Gasteiger partial charge in [0.1, 0.15) is 5.76 Å². The lowest BCUT2D eigenvalue weighted by Crippen LogP contribution is -2.07. The van der Waals surface area contributed by atoms with E-state index in [-0.39, 0.29) is 23.2 Å². The first-order valence-corrected chi connectivity index (χ1v) is 8.78. The molecule has 1 atom stereocenters. The summed E-state index contributed by atoms with van der Waals surface area (Å²) in [5.41, 5.74) is 4.45. The summed E-state index contributed by atoms with van der Waals surface area (Å²) in [5.74, 6) is -0.137. The van der Waals surface area contributed by atoms with Crippen molar-refractivity contribution in [2.24, 2.45) is 0 Å². The number of allylic oxidation sites excluding steroid dienone is 6. The van der Waals surface area contributed by atoms with Gasteiger partial charge >= 0.3 is 0 Å². The van der Waals surface area contributed by atoms with E-state index in [1.165, 1.54) is 6.08 Å². The molecule has 3 heteroatoms. The molecule has 2 rings (SSSR count). The van der Waals surface area contributed by atoms with Gasteiger partial charge in [0.05, 0.1) is 11.5 Å². The summed E-state index contributed by atoms with van der Waals surface area (Å²) in [4.78, 5) is 0. The third-order valence-electron chi connectivity index (χ3n) is 4.54. The van der Waals surface area contributed by atoms with Crippen molar-refractivity contribution < 1.29 is 15.3 Å². The van der Waals surface area contributed by atoms with Crippen LogP contribution in [0, 0.1) is 0 Å². The molecule has 0 radical (unpaired) electrons. The van der Waals surface area contributed by atoms with E-state index in [0.717, 1.165) is 22.3 Å². The van der Waals surface area contributed by atoms with Crippen molar-refractivity contribution in [2.75, 3.05) is 0 Å². The van der Waals surface area contributed by atoms with Gasteiger partial charge in [0.15, 0.2) is 0 Å². The SMILES string of the molecule is C=C(O)/C=C\C(=C(/C)O)C(/C(C)=C(/C)O)c1ccc(-c2ccccc2)cc1. The Morgan fingerprint density at radius 1 is 0.778 bits per heavy atom. The summed E-state index contributed by atoms with van der Waals surface area (Å²) in [6.45, 7) is 8.49. The highest BCUT2D eigenvalue weighted by Crippen LogP contribution is 2.36. The Labute approximate surface area is 160 Å². The normalized spacial score (nSPS) is 14.5. The molecule has 3 nitrogen and oxygen atoms in total. The van der Waals surface area contributed by atoms with Gasteiger partial charge in [-0.3, -0.25) is 0 Å². The number of rotatable bonds is 6. The Bertz CT molecular complexity index is 877. The topological polar surface area (TPSA) is 60.7 Å². The zero-order chi connectivity index (χ0) is 20.0. The molecule has 2 aromatic rings. The van der Waals surface area contributed by atoms with E-state index in [4.69, 9.17) is 0 Å². The highest BCUT2D eigenvalue weighted by atomic mass is 16.3. The monoisotopic (exact) mass is 362 g/mol. The maximum absolute atomic E-state index is 10.2. The van der Waals surface area contributed by atoms with E-state index in [2.05, 4.69) is 6.58 Å². The smallest absolute Gasteiger partial charge is 0.108 e. The first-order valence-electron chi connectivity index (χ1n) is 8.78. The van der Waals surface area contributed by atoms with Gasteiger partial charge in [-0.2, -0.15) is 0 Å². The second-order valence-corrected chi connectivity index (χ2v) is 6.55. The summed E-state index contributed by atoms with van der Waals surface area (Å²) in [5, 5.41) is 29.7. The molecule has 27 heavy (non-hydrogen) atoms. The number of benzene rings is 2. The molecule has 0 heterocycles. The van der Waals surface area contributed by atoms with Crippen molar-refractivity contribution in [1.29, 1.82) is 0 Å². The number of hydrogen-bond donors (Lipinski definition) is 3. The average molecular weight is 362 g/mol. The first-order chi connectivity index (χ1) is 12.8. The molecule has 140 valence electrons. The molecule has 0 aliphatic carbocycles. The standard InChI is InChI=1S/C24H26O3/c1-16(25)10-15-23(19(4)27)24(17(2)18(3)26)22-13-11-21(12-14-22)20-8-6-5-7-9-20/h5-15,24-27H,1H2,2-4H3/b15-10-,18-17-,23-19-. The summed E-state index contributed by atoms with van der Waals surface area (Å²) >= 11 is 0. The van der Waals surface area contributed by atoms with Crippen molar-refractivity contribution >= 4 is 0 Å². The fraction of sp³-hybridized carbons (Fsp3) is 0.167. The van der Waals surface area contributed by atoms with Crippen molar-refractivity contribution in [3.63, 3.8) is 0 Å². The molecule has 0 amide bonds. The molecule has 0 fully saturated rings. The number of aliphatic hydroxyl groups is 3. The van der Waals surface area contributed by atoms with E-state index in [9.17, 15) is 15.3 Å². The minimum absolute atomic E-state index is 0.103. The van der Waals surface area contributed by atoms with Crippen LogP contribution >= 0.6 is 0 Å². The Morgan fingerprint density at radius 2 is 1.33 bits per heavy atom. The third-order valence-corrected chi connectivity index (χ3v) is 4.54. The highest BCUT2D eigenvalue weighted by Gasteiger charge is 2.21. The van der Waals surface area contributed by atoms with Crippen LogP contribution in [0.15, 0.2) is 102 Å². The molecular weight excluding hydrogens is 336 g/mol. The maximum Gasteiger partial charge on any atom is 0.108 e. The molecular formula is C24H26O3. The van der Waals surface area contributed by atoms with Crippen molar-refractivity contribution in [2.45, 2.75) is 26.7 Å².